The van der Waals surface area contributed by atoms with Crippen LogP contribution in [-0.2, 0) is 11.3 Å². The van der Waals surface area contributed by atoms with Crippen LogP contribution in [-0.4, -0.2) is 64.7 Å². The van der Waals surface area contributed by atoms with E-state index in [1.165, 1.54) is 0 Å². The number of likely N-dealkylation sites (tertiary alicyclic amines) is 1. The third-order valence-electron chi connectivity index (χ3n) is 4.85. The van der Waals surface area contributed by atoms with Gasteiger partial charge in [0.1, 0.15) is 6.10 Å². The standard InChI is InChI=1S/C16H24N2O4/c1-21-15-12(3-2-7-17-15)11-18-8-5-16(6-9-18)14(20)13(19)4-10-22-16/h2-3,7,13-14,19-20H,4-6,8-11H2,1H3/t13-,14-/m0/s1. The number of hydrogen-bond acceptors (Lipinski definition) is 6. The predicted octanol–water partition coefficient (Wildman–Crippen LogP) is 0.567. The Morgan fingerprint density at radius 3 is 2.91 bits per heavy atom. The van der Waals surface area contributed by atoms with Crippen LogP contribution in [0.1, 0.15) is 24.8 Å². The van der Waals surface area contributed by atoms with Gasteiger partial charge in [0.05, 0.1) is 25.4 Å². The van der Waals surface area contributed by atoms with Gasteiger partial charge in [-0.2, -0.15) is 0 Å². The van der Waals surface area contributed by atoms with Gasteiger partial charge in [0.15, 0.2) is 0 Å². The molecular formula is C16H24N2O4. The predicted molar refractivity (Wildman–Crippen MR) is 80.6 cm³/mol. The molecule has 1 aromatic rings. The molecular weight excluding hydrogens is 284 g/mol. The van der Waals surface area contributed by atoms with Crippen LogP contribution < -0.4 is 4.74 Å². The average molecular weight is 308 g/mol. The van der Waals surface area contributed by atoms with Crippen molar-refractivity contribution in [3.8, 4) is 5.88 Å². The molecule has 0 aromatic carbocycles. The lowest BCUT2D eigenvalue weighted by atomic mass is 9.80. The molecule has 0 amide bonds. The molecule has 2 saturated heterocycles. The Morgan fingerprint density at radius 1 is 1.41 bits per heavy atom. The van der Waals surface area contributed by atoms with Crippen molar-refractivity contribution in [2.45, 2.75) is 43.6 Å². The van der Waals surface area contributed by atoms with Crippen LogP contribution in [0.2, 0.25) is 0 Å². The average Bonchev–Trinajstić information content (AvgIpc) is 2.55. The van der Waals surface area contributed by atoms with Crippen LogP contribution in [0.5, 0.6) is 5.88 Å². The highest BCUT2D eigenvalue weighted by atomic mass is 16.5. The maximum Gasteiger partial charge on any atom is 0.217 e. The van der Waals surface area contributed by atoms with E-state index >= 15 is 0 Å². The molecule has 2 N–H and O–H groups in total. The highest BCUT2D eigenvalue weighted by Gasteiger charge is 2.47. The zero-order chi connectivity index (χ0) is 15.6. The minimum absolute atomic E-state index is 0.513. The van der Waals surface area contributed by atoms with Crippen molar-refractivity contribution in [1.29, 1.82) is 0 Å². The molecule has 2 atom stereocenters. The smallest absolute Gasteiger partial charge is 0.217 e. The number of aliphatic hydroxyl groups excluding tert-OH is 2. The molecule has 22 heavy (non-hydrogen) atoms. The third-order valence-corrected chi connectivity index (χ3v) is 4.85. The van der Waals surface area contributed by atoms with Crippen molar-refractivity contribution < 1.29 is 19.7 Å². The van der Waals surface area contributed by atoms with Gasteiger partial charge < -0.3 is 19.7 Å². The van der Waals surface area contributed by atoms with Gasteiger partial charge in [-0.25, -0.2) is 4.98 Å². The van der Waals surface area contributed by atoms with Crippen LogP contribution in [0, 0.1) is 0 Å². The summed E-state index contributed by atoms with van der Waals surface area (Å²) >= 11 is 0. The minimum atomic E-state index is -0.781. The number of nitrogens with zero attached hydrogens (tertiary/aromatic N) is 2. The number of ether oxygens (including phenoxy) is 2. The van der Waals surface area contributed by atoms with Gasteiger partial charge in [-0.3, -0.25) is 4.90 Å². The van der Waals surface area contributed by atoms with Crippen molar-refractivity contribution >= 4 is 0 Å². The largest absolute Gasteiger partial charge is 0.481 e. The van der Waals surface area contributed by atoms with Crippen LogP contribution in [0.25, 0.3) is 0 Å². The fourth-order valence-electron chi connectivity index (χ4n) is 3.48. The summed E-state index contributed by atoms with van der Waals surface area (Å²) in [5.74, 6) is 0.659. The maximum absolute atomic E-state index is 10.3. The van der Waals surface area contributed by atoms with Gasteiger partial charge in [-0.1, -0.05) is 6.07 Å². The van der Waals surface area contributed by atoms with Crippen molar-refractivity contribution in [2.75, 3.05) is 26.8 Å². The quantitative estimate of drug-likeness (QED) is 0.850. The van der Waals surface area contributed by atoms with Crippen molar-refractivity contribution in [2.24, 2.45) is 0 Å². The molecule has 0 aliphatic carbocycles. The first-order valence-electron chi connectivity index (χ1n) is 7.85. The topological polar surface area (TPSA) is 75.1 Å². The summed E-state index contributed by atoms with van der Waals surface area (Å²) < 4.78 is 11.2. The molecule has 6 nitrogen and oxygen atoms in total. The molecule has 3 rings (SSSR count). The molecule has 2 aliphatic heterocycles. The van der Waals surface area contributed by atoms with Gasteiger partial charge >= 0.3 is 0 Å². The van der Waals surface area contributed by atoms with E-state index in [9.17, 15) is 10.2 Å². The van der Waals surface area contributed by atoms with Gasteiger partial charge in [-0.15, -0.1) is 0 Å². The van der Waals surface area contributed by atoms with E-state index < -0.39 is 17.8 Å². The van der Waals surface area contributed by atoms with Crippen LogP contribution in [0.3, 0.4) is 0 Å². The number of hydrogen-bond donors (Lipinski definition) is 2. The Kier molecular flexibility index (Phi) is 4.63. The lowest BCUT2D eigenvalue weighted by Gasteiger charge is -2.48. The van der Waals surface area contributed by atoms with Crippen molar-refractivity contribution in [3.63, 3.8) is 0 Å². The number of piperidine rings is 1. The molecule has 0 bridgehead atoms. The third kappa shape index (κ3) is 2.96. The summed E-state index contributed by atoms with van der Waals surface area (Å²) in [6, 6.07) is 3.93. The Labute approximate surface area is 130 Å². The second-order valence-corrected chi connectivity index (χ2v) is 6.16. The van der Waals surface area contributed by atoms with Crippen LogP contribution in [0.4, 0.5) is 0 Å². The van der Waals surface area contributed by atoms with E-state index in [-0.39, 0.29) is 0 Å². The normalized spacial score (nSPS) is 28.7. The van der Waals surface area contributed by atoms with E-state index in [1.54, 1.807) is 13.3 Å². The first-order valence-corrected chi connectivity index (χ1v) is 7.85. The zero-order valence-electron chi connectivity index (χ0n) is 12.9. The lowest BCUT2D eigenvalue weighted by Crippen LogP contribution is -2.59. The Balaban J connectivity index is 1.62. The summed E-state index contributed by atoms with van der Waals surface area (Å²) in [4.78, 5) is 6.53. The lowest BCUT2D eigenvalue weighted by molar-refractivity contribution is -0.214. The van der Waals surface area contributed by atoms with E-state index in [4.69, 9.17) is 9.47 Å². The summed E-state index contributed by atoms with van der Waals surface area (Å²) in [7, 11) is 1.63. The second kappa shape index (κ2) is 6.50. The molecule has 1 spiro atoms. The summed E-state index contributed by atoms with van der Waals surface area (Å²) in [6.45, 7) is 2.93. The highest BCUT2D eigenvalue weighted by Crippen LogP contribution is 2.36. The van der Waals surface area contributed by atoms with Crippen LogP contribution >= 0.6 is 0 Å². The number of pyridine rings is 1. The van der Waals surface area contributed by atoms with E-state index in [0.29, 0.717) is 18.9 Å². The van der Waals surface area contributed by atoms with Gasteiger partial charge in [0, 0.05) is 31.4 Å². The van der Waals surface area contributed by atoms with E-state index in [0.717, 1.165) is 38.0 Å². The molecule has 3 heterocycles. The number of rotatable bonds is 3. The zero-order valence-corrected chi connectivity index (χ0v) is 12.9. The molecule has 0 saturated carbocycles. The molecule has 2 aliphatic rings. The van der Waals surface area contributed by atoms with Gasteiger partial charge in [0.25, 0.3) is 0 Å². The second-order valence-electron chi connectivity index (χ2n) is 6.16. The molecule has 0 unspecified atom stereocenters. The van der Waals surface area contributed by atoms with Gasteiger partial charge in [-0.05, 0) is 25.3 Å². The number of aliphatic hydroxyl groups is 2. The Morgan fingerprint density at radius 2 is 2.18 bits per heavy atom. The maximum atomic E-state index is 10.3. The fraction of sp³-hybridized carbons (Fsp3) is 0.688. The fourth-order valence-corrected chi connectivity index (χ4v) is 3.48. The number of methoxy groups -OCH3 is 1. The molecule has 2 fully saturated rings. The minimum Gasteiger partial charge on any atom is -0.481 e. The highest BCUT2D eigenvalue weighted by molar-refractivity contribution is 5.25. The molecule has 0 radical (unpaired) electrons. The van der Waals surface area contributed by atoms with E-state index in [2.05, 4.69) is 9.88 Å². The van der Waals surface area contributed by atoms with Gasteiger partial charge in [0.2, 0.25) is 5.88 Å². The molecule has 122 valence electrons. The Bertz CT molecular complexity index is 503. The summed E-state index contributed by atoms with van der Waals surface area (Å²) in [6.07, 6.45) is 2.25. The van der Waals surface area contributed by atoms with Crippen molar-refractivity contribution in [1.82, 2.24) is 9.88 Å². The van der Waals surface area contributed by atoms with E-state index in [1.807, 2.05) is 12.1 Å². The SMILES string of the molecule is COc1ncccc1CN1CCC2(CC1)OCC[C@H](O)[C@@H]2O. The molecule has 1 aromatic heterocycles. The van der Waals surface area contributed by atoms with Crippen LogP contribution in [0.15, 0.2) is 18.3 Å². The first-order chi connectivity index (χ1) is 10.6. The Hall–Kier alpha value is -1.21. The monoisotopic (exact) mass is 308 g/mol. The first kappa shape index (κ1) is 15.7. The summed E-state index contributed by atoms with van der Waals surface area (Å²) in [5.41, 5.74) is 0.485. The summed E-state index contributed by atoms with van der Waals surface area (Å²) in [5, 5.41) is 20.2. The van der Waals surface area contributed by atoms with Crippen molar-refractivity contribution in [3.05, 3.63) is 23.9 Å². The number of aromatic nitrogens is 1. The molecule has 6 heteroatoms.